The van der Waals surface area contributed by atoms with E-state index in [9.17, 15) is 20.4 Å². The van der Waals surface area contributed by atoms with E-state index in [0.717, 1.165) is 28.7 Å². The molecule has 2 aromatic heterocycles. The molecule has 11 nitrogen and oxygen atoms in total. The van der Waals surface area contributed by atoms with E-state index in [1.807, 2.05) is 102 Å². The van der Waals surface area contributed by atoms with Crippen LogP contribution in [0.3, 0.4) is 0 Å². The van der Waals surface area contributed by atoms with Crippen molar-refractivity contribution in [1.82, 2.24) is 19.5 Å². The molecule has 266 valence electrons. The van der Waals surface area contributed by atoms with Gasteiger partial charge < -0.3 is 35.4 Å². The molecule has 2 aliphatic heterocycles. The summed E-state index contributed by atoms with van der Waals surface area (Å²) in [6.07, 6.45) is -1.67. The van der Waals surface area contributed by atoms with E-state index < -0.39 is 35.9 Å². The molecule has 2 fully saturated rings. The van der Waals surface area contributed by atoms with Crippen LogP contribution >= 0.6 is 0 Å². The SMILES string of the molecule is CC1(n2cnc3c(NCC(c4ccccc4)c4ccccc4)nc(N4CCC[C@@H]4C(O)(c4ccccc4)c4ccccc4)nc32)OC(O)C(O)C1O. The third-order valence-corrected chi connectivity index (χ3v) is 10.7. The van der Waals surface area contributed by atoms with Gasteiger partial charge in [-0.15, -0.1) is 0 Å². The van der Waals surface area contributed by atoms with Gasteiger partial charge in [0.1, 0.15) is 17.8 Å². The van der Waals surface area contributed by atoms with Crippen LogP contribution < -0.4 is 10.2 Å². The number of rotatable bonds is 10. The van der Waals surface area contributed by atoms with Gasteiger partial charge in [-0.05, 0) is 42.0 Å². The predicted octanol–water partition coefficient (Wildman–Crippen LogP) is 4.72. The quantitative estimate of drug-likeness (QED) is 0.136. The van der Waals surface area contributed by atoms with E-state index in [0.29, 0.717) is 42.4 Å². The Morgan fingerprint density at radius 2 is 1.38 bits per heavy atom. The van der Waals surface area contributed by atoms with Crippen molar-refractivity contribution in [2.45, 2.75) is 61.5 Å². The molecule has 0 spiro atoms. The summed E-state index contributed by atoms with van der Waals surface area (Å²) in [5.74, 6) is 0.792. The molecule has 52 heavy (non-hydrogen) atoms. The minimum Gasteiger partial charge on any atom is -0.385 e. The van der Waals surface area contributed by atoms with Gasteiger partial charge in [0.05, 0.1) is 12.4 Å². The van der Waals surface area contributed by atoms with Gasteiger partial charge in [0.2, 0.25) is 5.95 Å². The van der Waals surface area contributed by atoms with Crippen molar-refractivity contribution >= 4 is 22.9 Å². The second-order valence-corrected chi connectivity index (χ2v) is 13.8. The number of nitrogens with one attached hydrogen (secondary N) is 1. The maximum absolute atomic E-state index is 12.9. The number of ether oxygens (including phenoxy) is 1. The number of hydrogen-bond donors (Lipinski definition) is 5. The Kier molecular flexibility index (Phi) is 8.98. The number of fused-ring (bicyclic) bond motifs is 1. The smallest absolute Gasteiger partial charge is 0.229 e. The average Bonchev–Trinajstić information content (AvgIpc) is 3.91. The van der Waals surface area contributed by atoms with E-state index in [-0.39, 0.29) is 5.92 Å². The van der Waals surface area contributed by atoms with Gasteiger partial charge in [0.15, 0.2) is 29.0 Å². The van der Waals surface area contributed by atoms with E-state index in [4.69, 9.17) is 19.7 Å². The first kappa shape index (κ1) is 33.9. The highest BCUT2D eigenvalue weighted by Crippen LogP contribution is 2.43. The molecule has 0 bridgehead atoms. The molecule has 0 aliphatic carbocycles. The summed E-state index contributed by atoms with van der Waals surface area (Å²) >= 11 is 0. The van der Waals surface area contributed by atoms with Crippen LogP contribution in [0.5, 0.6) is 0 Å². The second kappa shape index (κ2) is 13.8. The Bertz CT molecular complexity index is 2040. The number of aliphatic hydroxyl groups is 4. The van der Waals surface area contributed by atoms with Gasteiger partial charge >= 0.3 is 0 Å². The van der Waals surface area contributed by atoms with E-state index in [1.165, 1.54) is 6.33 Å². The fraction of sp³-hybridized carbons (Fsp3) is 0.293. The Hall–Kier alpha value is -5.17. The van der Waals surface area contributed by atoms with Crippen LogP contribution in [-0.4, -0.2) is 77.6 Å². The van der Waals surface area contributed by atoms with Gasteiger partial charge in [0, 0.05) is 19.0 Å². The minimum atomic E-state index is -1.61. The predicted molar refractivity (Wildman–Crippen MR) is 198 cm³/mol. The van der Waals surface area contributed by atoms with Crippen molar-refractivity contribution in [3.63, 3.8) is 0 Å². The van der Waals surface area contributed by atoms with Gasteiger partial charge in [0.25, 0.3) is 0 Å². The first-order valence-corrected chi connectivity index (χ1v) is 17.7. The van der Waals surface area contributed by atoms with Gasteiger partial charge in [-0.1, -0.05) is 121 Å². The largest absolute Gasteiger partial charge is 0.385 e. The zero-order chi connectivity index (χ0) is 35.9. The van der Waals surface area contributed by atoms with Crippen LogP contribution in [0.4, 0.5) is 11.8 Å². The van der Waals surface area contributed by atoms with Crippen molar-refractivity contribution in [1.29, 1.82) is 0 Å². The fourth-order valence-corrected chi connectivity index (χ4v) is 7.90. The lowest BCUT2D eigenvalue weighted by Crippen LogP contribution is -2.49. The molecule has 11 heteroatoms. The molecular weight excluding hydrogens is 656 g/mol. The molecule has 5 N–H and O–H groups in total. The number of hydrogen-bond acceptors (Lipinski definition) is 10. The highest BCUT2D eigenvalue weighted by molar-refractivity contribution is 5.85. The molecule has 0 amide bonds. The summed E-state index contributed by atoms with van der Waals surface area (Å²) in [5, 5.41) is 48.5. The zero-order valence-electron chi connectivity index (χ0n) is 28.8. The van der Waals surface area contributed by atoms with Crippen LogP contribution in [0.15, 0.2) is 128 Å². The van der Waals surface area contributed by atoms with Gasteiger partial charge in [-0.2, -0.15) is 9.97 Å². The maximum Gasteiger partial charge on any atom is 0.229 e. The molecule has 0 radical (unpaired) electrons. The first-order chi connectivity index (χ1) is 25.3. The van der Waals surface area contributed by atoms with Crippen molar-refractivity contribution in [2.75, 3.05) is 23.3 Å². The molecule has 8 rings (SSSR count). The highest BCUT2D eigenvalue weighted by Gasteiger charge is 2.53. The van der Waals surface area contributed by atoms with Gasteiger partial charge in [-0.25, -0.2) is 4.98 Å². The van der Waals surface area contributed by atoms with E-state index >= 15 is 0 Å². The number of anilines is 2. The Morgan fingerprint density at radius 1 is 0.827 bits per heavy atom. The summed E-state index contributed by atoms with van der Waals surface area (Å²) < 4.78 is 7.32. The van der Waals surface area contributed by atoms with E-state index in [1.54, 1.807) is 11.5 Å². The molecule has 0 saturated carbocycles. The van der Waals surface area contributed by atoms with Crippen molar-refractivity contribution in [3.8, 4) is 0 Å². The van der Waals surface area contributed by atoms with Crippen LogP contribution in [0.25, 0.3) is 11.2 Å². The molecule has 6 aromatic rings. The Morgan fingerprint density at radius 3 is 1.92 bits per heavy atom. The fourth-order valence-electron chi connectivity index (χ4n) is 7.90. The van der Waals surface area contributed by atoms with Crippen LogP contribution in [0, 0.1) is 0 Å². The summed E-state index contributed by atoms with van der Waals surface area (Å²) in [6.45, 7) is 2.63. The van der Waals surface area contributed by atoms with Gasteiger partial charge in [-0.3, -0.25) is 4.57 Å². The first-order valence-electron chi connectivity index (χ1n) is 17.7. The summed E-state index contributed by atoms with van der Waals surface area (Å²) in [6, 6.07) is 39.4. The molecule has 2 saturated heterocycles. The number of aromatic nitrogens is 4. The third kappa shape index (κ3) is 5.80. The number of aliphatic hydroxyl groups excluding tert-OH is 3. The summed E-state index contributed by atoms with van der Waals surface area (Å²) in [5.41, 5.74) is 1.54. The molecule has 4 unspecified atom stereocenters. The highest BCUT2D eigenvalue weighted by atomic mass is 16.7. The summed E-state index contributed by atoms with van der Waals surface area (Å²) in [7, 11) is 0. The maximum atomic E-state index is 12.9. The lowest BCUT2D eigenvalue weighted by Gasteiger charge is -2.40. The molecular formula is C41H42N6O5. The van der Waals surface area contributed by atoms with Crippen molar-refractivity contribution in [3.05, 3.63) is 150 Å². The standard InChI is InChI=1S/C41H42N6O5/c1-40(35(49)34(48)38(50)52-40)47-26-43-33-36(42-25-31(27-15-6-2-7-16-27)28-17-8-3-9-18-28)44-39(45-37(33)47)46-24-14-23-32(46)41(51,29-19-10-4-11-20-29)30-21-12-5-13-22-30/h2-13,15-22,26,31-32,34-35,38,48-51H,14,23-25H2,1H3,(H,42,44,45)/t32-,34?,35?,38?,40?/m1/s1. The number of benzene rings is 4. The lowest BCUT2D eigenvalue weighted by atomic mass is 9.79. The van der Waals surface area contributed by atoms with E-state index in [2.05, 4.69) is 29.6 Å². The number of nitrogens with zero attached hydrogens (tertiary/aromatic N) is 5. The molecule has 4 heterocycles. The minimum absolute atomic E-state index is 0.0264. The normalized spacial score (nSPS) is 23.5. The van der Waals surface area contributed by atoms with Crippen LogP contribution in [0.1, 0.15) is 47.9 Å². The Labute approximate surface area is 301 Å². The van der Waals surface area contributed by atoms with Crippen LogP contribution in [-0.2, 0) is 16.1 Å². The second-order valence-electron chi connectivity index (χ2n) is 13.8. The monoisotopic (exact) mass is 698 g/mol. The van der Waals surface area contributed by atoms with Crippen molar-refractivity contribution in [2.24, 2.45) is 0 Å². The van der Waals surface area contributed by atoms with Crippen molar-refractivity contribution < 1.29 is 25.2 Å². The summed E-state index contributed by atoms with van der Waals surface area (Å²) in [4.78, 5) is 16.9. The molecule has 2 aliphatic rings. The third-order valence-electron chi connectivity index (χ3n) is 10.7. The molecule has 5 atom stereocenters. The zero-order valence-corrected chi connectivity index (χ0v) is 28.8. The topological polar surface area (TPSA) is 149 Å². The number of imidazole rings is 1. The van der Waals surface area contributed by atoms with Crippen LogP contribution in [0.2, 0.25) is 0 Å². The average molecular weight is 699 g/mol. The lowest BCUT2D eigenvalue weighted by molar-refractivity contribution is -0.186. The molecule has 4 aromatic carbocycles. The Balaban J connectivity index is 1.26.